The van der Waals surface area contributed by atoms with Crippen LogP contribution in [0.4, 0.5) is 17.2 Å². The molecule has 0 saturated carbocycles. The average Bonchev–Trinajstić information content (AvgIpc) is 3.25. The van der Waals surface area contributed by atoms with E-state index in [4.69, 9.17) is 28.2 Å². The molecule has 0 saturated heterocycles. The highest BCUT2D eigenvalue weighted by atomic mass is 35.5. The van der Waals surface area contributed by atoms with Gasteiger partial charge in [0, 0.05) is 16.3 Å². The van der Waals surface area contributed by atoms with E-state index in [-0.39, 0.29) is 0 Å². The van der Waals surface area contributed by atoms with Gasteiger partial charge in [0.2, 0.25) is 0 Å². The Morgan fingerprint density at radius 2 is 1.68 bits per heavy atom. The highest BCUT2D eigenvalue weighted by molar-refractivity contribution is 7.80. The number of rotatable bonds is 6. The van der Waals surface area contributed by atoms with Crippen LogP contribution in [-0.2, 0) is 6.54 Å². The maximum absolute atomic E-state index is 5.94. The van der Waals surface area contributed by atoms with E-state index in [9.17, 15) is 0 Å². The number of pyridine rings is 1. The summed E-state index contributed by atoms with van der Waals surface area (Å²) in [5.74, 6) is 2.33. The lowest BCUT2D eigenvalue weighted by atomic mass is 10.2. The van der Waals surface area contributed by atoms with E-state index in [2.05, 4.69) is 40.0 Å². The number of benzene rings is 2. The Morgan fingerprint density at radius 1 is 0.935 bits per heavy atom. The quantitative estimate of drug-likeness (QED) is 0.291. The lowest BCUT2D eigenvalue weighted by Gasteiger charge is -2.10. The monoisotopic (exact) mass is 448 g/mol. The molecule has 2 aromatic heterocycles. The standard InChI is InChI=1S/C24H21ClN4OS/c1-16-2-8-19(9-3-16)28-23-13-10-20(14-26-23)29-24(31)27-15-21-11-12-22(30-21)17-4-6-18(25)7-5-17/h2-14H,15H2,1H3,(H,26,28)(H2,27,29,31). The Morgan fingerprint density at radius 3 is 2.39 bits per heavy atom. The maximum Gasteiger partial charge on any atom is 0.171 e. The van der Waals surface area contributed by atoms with Crippen molar-refractivity contribution in [2.24, 2.45) is 0 Å². The summed E-state index contributed by atoms with van der Waals surface area (Å²) < 4.78 is 5.88. The summed E-state index contributed by atoms with van der Waals surface area (Å²) in [7, 11) is 0. The first-order chi connectivity index (χ1) is 15.0. The number of aryl methyl sites for hydroxylation is 1. The van der Waals surface area contributed by atoms with Gasteiger partial charge in [0.1, 0.15) is 17.3 Å². The van der Waals surface area contributed by atoms with E-state index >= 15 is 0 Å². The van der Waals surface area contributed by atoms with Crippen LogP contribution in [0.2, 0.25) is 5.02 Å². The Labute approximate surface area is 191 Å². The third-order valence-corrected chi connectivity index (χ3v) is 5.06. The topological polar surface area (TPSA) is 62.1 Å². The highest BCUT2D eigenvalue weighted by Crippen LogP contribution is 2.24. The number of aromatic nitrogens is 1. The van der Waals surface area contributed by atoms with E-state index < -0.39 is 0 Å². The number of thiocarbonyl (C=S) groups is 1. The first kappa shape index (κ1) is 20.9. The van der Waals surface area contributed by atoms with Crippen LogP contribution in [0.1, 0.15) is 11.3 Å². The largest absolute Gasteiger partial charge is 0.459 e. The molecule has 0 radical (unpaired) electrons. The van der Waals surface area contributed by atoms with E-state index in [1.807, 2.05) is 60.7 Å². The molecule has 2 aromatic carbocycles. The zero-order valence-electron chi connectivity index (χ0n) is 16.9. The minimum Gasteiger partial charge on any atom is -0.459 e. The van der Waals surface area contributed by atoms with Gasteiger partial charge in [0.05, 0.1) is 18.4 Å². The second-order valence-electron chi connectivity index (χ2n) is 7.00. The molecule has 156 valence electrons. The maximum atomic E-state index is 5.94. The van der Waals surface area contributed by atoms with Crippen molar-refractivity contribution >= 4 is 46.1 Å². The SMILES string of the molecule is Cc1ccc(Nc2ccc(NC(=S)NCc3ccc(-c4ccc(Cl)cc4)o3)cn2)cc1. The van der Waals surface area contributed by atoms with Crippen LogP contribution in [-0.4, -0.2) is 10.1 Å². The van der Waals surface area contributed by atoms with Crippen molar-refractivity contribution in [1.82, 2.24) is 10.3 Å². The van der Waals surface area contributed by atoms with Crippen molar-refractivity contribution in [2.75, 3.05) is 10.6 Å². The number of hydrogen-bond acceptors (Lipinski definition) is 4. The fourth-order valence-corrected chi connectivity index (χ4v) is 3.23. The summed E-state index contributed by atoms with van der Waals surface area (Å²) in [6.45, 7) is 2.53. The molecule has 0 aliphatic rings. The Kier molecular flexibility index (Phi) is 6.50. The lowest BCUT2D eigenvalue weighted by molar-refractivity contribution is 0.516. The molecule has 0 unspecified atom stereocenters. The molecule has 2 heterocycles. The number of halogens is 1. The summed E-state index contributed by atoms with van der Waals surface area (Å²) >= 11 is 11.3. The molecule has 7 heteroatoms. The minimum absolute atomic E-state index is 0.472. The van der Waals surface area contributed by atoms with Crippen molar-refractivity contribution in [1.29, 1.82) is 0 Å². The molecule has 3 N–H and O–H groups in total. The second-order valence-corrected chi connectivity index (χ2v) is 7.85. The third-order valence-electron chi connectivity index (χ3n) is 4.56. The zero-order valence-corrected chi connectivity index (χ0v) is 18.4. The molecule has 0 atom stereocenters. The molecule has 31 heavy (non-hydrogen) atoms. The van der Waals surface area contributed by atoms with Gasteiger partial charge < -0.3 is 20.4 Å². The smallest absolute Gasteiger partial charge is 0.171 e. The summed E-state index contributed by atoms with van der Waals surface area (Å²) in [5, 5.41) is 10.7. The van der Waals surface area contributed by atoms with Crippen LogP contribution in [0, 0.1) is 6.92 Å². The fourth-order valence-electron chi connectivity index (χ4n) is 2.91. The molecular weight excluding hydrogens is 428 g/mol. The molecule has 0 fully saturated rings. The number of furan rings is 1. The van der Waals surface area contributed by atoms with Crippen LogP contribution in [0.25, 0.3) is 11.3 Å². The normalized spacial score (nSPS) is 10.5. The molecule has 0 spiro atoms. The lowest BCUT2D eigenvalue weighted by Crippen LogP contribution is -2.27. The van der Waals surface area contributed by atoms with Gasteiger partial charge in [-0.25, -0.2) is 4.98 Å². The van der Waals surface area contributed by atoms with Crippen molar-refractivity contribution in [2.45, 2.75) is 13.5 Å². The van der Waals surface area contributed by atoms with Gasteiger partial charge in [-0.15, -0.1) is 0 Å². The van der Waals surface area contributed by atoms with Gasteiger partial charge >= 0.3 is 0 Å². The van der Waals surface area contributed by atoms with Gasteiger partial charge in [-0.1, -0.05) is 29.3 Å². The molecule has 4 rings (SSSR count). The van der Waals surface area contributed by atoms with E-state index in [0.29, 0.717) is 16.7 Å². The van der Waals surface area contributed by atoms with Crippen molar-refractivity contribution in [3.8, 4) is 11.3 Å². The molecule has 4 aromatic rings. The Balaban J connectivity index is 1.28. The Hall–Kier alpha value is -3.35. The summed E-state index contributed by atoms with van der Waals surface area (Å²) in [6, 6.07) is 23.4. The average molecular weight is 449 g/mol. The first-order valence-electron chi connectivity index (χ1n) is 9.74. The number of nitrogens with zero attached hydrogens (tertiary/aromatic N) is 1. The van der Waals surface area contributed by atoms with Gasteiger partial charge in [-0.2, -0.15) is 0 Å². The predicted octanol–water partition coefficient (Wildman–Crippen LogP) is 6.53. The first-order valence-corrected chi connectivity index (χ1v) is 10.5. The van der Waals surface area contributed by atoms with E-state index in [1.165, 1.54) is 5.56 Å². The number of nitrogens with one attached hydrogen (secondary N) is 3. The van der Waals surface area contributed by atoms with Gasteiger partial charge in [0.15, 0.2) is 5.11 Å². The van der Waals surface area contributed by atoms with Crippen molar-refractivity contribution < 1.29 is 4.42 Å². The number of hydrogen-bond donors (Lipinski definition) is 3. The van der Waals surface area contributed by atoms with Gasteiger partial charge in [0.25, 0.3) is 0 Å². The predicted molar refractivity (Wildman–Crippen MR) is 131 cm³/mol. The third kappa shape index (κ3) is 5.84. The van der Waals surface area contributed by atoms with Crippen molar-refractivity contribution in [3.63, 3.8) is 0 Å². The number of anilines is 3. The molecule has 5 nitrogen and oxygen atoms in total. The minimum atomic E-state index is 0.472. The fraction of sp³-hybridized carbons (Fsp3) is 0.0833. The molecular formula is C24H21ClN4OS. The molecule has 0 aliphatic carbocycles. The van der Waals surface area contributed by atoms with Crippen LogP contribution in [0.3, 0.4) is 0 Å². The van der Waals surface area contributed by atoms with Crippen LogP contribution in [0.15, 0.2) is 83.4 Å². The van der Waals surface area contributed by atoms with Gasteiger partial charge in [-0.05, 0) is 79.8 Å². The van der Waals surface area contributed by atoms with Gasteiger partial charge in [-0.3, -0.25) is 0 Å². The molecule has 0 amide bonds. The van der Waals surface area contributed by atoms with Crippen LogP contribution >= 0.6 is 23.8 Å². The van der Waals surface area contributed by atoms with Crippen LogP contribution in [0.5, 0.6) is 0 Å². The van der Waals surface area contributed by atoms with Crippen LogP contribution < -0.4 is 16.0 Å². The van der Waals surface area contributed by atoms with Crippen molar-refractivity contribution in [3.05, 3.63) is 95.3 Å². The van der Waals surface area contributed by atoms with E-state index in [0.717, 1.165) is 34.3 Å². The Bertz CT molecular complexity index is 1160. The molecule has 0 bridgehead atoms. The summed E-state index contributed by atoms with van der Waals surface area (Å²) in [4.78, 5) is 4.42. The zero-order chi connectivity index (χ0) is 21.6. The highest BCUT2D eigenvalue weighted by Gasteiger charge is 2.06. The summed E-state index contributed by atoms with van der Waals surface area (Å²) in [5.41, 5.74) is 3.98. The molecule has 0 aliphatic heterocycles. The van der Waals surface area contributed by atoms with E-state index in [1.54, 1.807) is 6.20 Å². The second kappa shape index (κ2) is 9.64. The summed E-state index contributed by atoms with van der Waals surface area (Å²) in [6.07, 6.45) is 1.73.